The summed E-state index contributed by atoms with van der Waals surface area (Å²) in [6.07, 6.45) is 8.87. The van der Waals surface area contributed by atoms with Gasteiger partial charge in [0, 0.05) is 19.1 Å². The van der Waals surface area contributed by atoms with E-state index in [2.05, 4.69) is 16.7 Å². The topological polar surface area (TPSA) is 36.7 Å². The van der Waals surface area contributed by atoms with Gasteiger partial charge in [-0.2, -0.15) is 0 Å². The number of hydrogen-bond acceptors (Lipinski definition) is 3. The molecule has 0 aromatic carbocycles. The molecular formula is C18H28N2O2. The molecule has 0 spiro atoms. The minimum atomic E-state index is 0.0716. The monoisotopic (exact) mass is 304 g/mol. The van der Waals surface area contributed by atoms with E-state index < -0.39 is 0 Å². The molecule has 0 aliphatic carbocycles. The van der Waals surface area contributed by atoms with Crippen LogP contribution in [0.5, 0.6) is 0 Å². The second-order valence-corrected chi connectivity index (χ2v) is 6.96. The molecule has 2 saturated heterocycles. The van der Waals surface area contributed by atoms with E-state index in [-0.39, 0.29) is 5.91 Å². The van der Waals surface area contributed by atoms with Crippen LogP contribution in [0.3, 0.4) is 0 Å². The number of amides is 1. The number of nitrogens with zero attached hydrogens (tertiary/aromatic N) is 2. The quantitative estimate of drug-likeness (QED) is 0.859. The molecule has 3 rings (SSSR count). The summed E-state index contributed by atoms with van der Waals surface area (Å²) < 4.78 is 5.34. The van der Waals surface area contributed by atoms with Crippen molar-refractivity contribution in [3.05, 3.63) is 24.2 Å². The average molecular weight is 304 g/mol. The lowest BCUT2D eigenvalue weighted by molar-refractivity contribution is 0.0575. The van der Waals surface area contributed by atoms with Crippen LogP contribution in [0.1, 0.15) is 56.0 Å². The summed E-state index contributed by atoms with van der Waals surface area (Å²) in [6, 6.07) is 3.92. The van der Waals surface area contributed by atoms with Gasteiger partial charge in [0.2, 0.25) is 0 Å². The van der Waals surface area contributed by atoms with Crippen LogP contribution >= 0.6 is 0 Å². The molecule has 0 N–H and O–H groups in total. The Labute approximate surface area is 133 Å². The number of furan rings is 1. The third kappa shape index (κ3) is 3.72. The van der Waals surface area contributed by atoms with Crippen molar-refractivity contribution < 1.29 is 9.21 Å². The largest absolute Gasteiger partial charge is 0.459 e. The van der Waals surface area contributed by atoms with Gasteiger partial charge in [-0.15, -0.1) is 0 Å². The van der Waals surface area contributed by atoms with Crippen molar-refractivity contribution in [1.82, 2.24) is 9.80 Å². The molecule has 22 heavy (non-hydrogen) atoms. The van der Waals surface area contributed by atoms with Crippen molar-refractivity contribution in [3.8, 4) is 0 Å². The van der Waals surface area contributed by atoms with Gasteiger partial charge >= 0.3 is 0 Å². The molecule has 2 aliphatic heterocycles. The molecule has 2 fully saturated rings. The summed E-state index contributed by atoms with van der Waals surface area (Å²) in [4.78, 5) is 17.4. The highest BCUT2D eigenvalue weighted by Crippen LogP contribution is 2.23. The number of piperidine rings is 1. The first-order chi connectivity index (χ1) is 10.7. The summed E-state index contributed by atoms with van der Waals surface area (Å²) in [5.74, 6) is 1.41. The Morgan fingerprint density at radius 1 is 1.18 bits per heavy atom. The van der Waals surface area contributed by atoms with Crippen LogP contribution in [0.4, 0.5) is 0 Å². The molecular weight excluding hydrogens is 276 g/mol. The van der Waals surface area contributed by atoms with Crippen molar-refractivity contribution in [3.63, 3.8) is 0 Å². The average Bonchev–Trinajstić information content (AvgIpc) is 2.97. The predicted octanol–water partition coefficient (Wildman–Crippen LogP) is 3.40. The van der Waals surface area contributed by atoms with Crippen LogP contribution in [0.25, 0.3) is 0 Å². The molecule has 0 radical (unpaired) electrons. The fourth-order valence-corrected chi connectivity index (χ4v) is 3.72. The molecule has 3 heterocycles. The first-order valence-electron chi connectivity index (χ1n) is 8.81. The van der Waals surface area contributed by atoms with Crippen LogP contribution < -0.4 is 0 Å². The lowest BCUT2D eigenvalue weighted by Crippen LogP contribution is -2.48. The Hall–Kier alpha value is -1.29. The molecule has 0 saturated carbocycles. The van der Waals surface area contributed by atoms with Gasteiger partial charge in [-0.3, -0.25) is 4.79 Å². The molecule has 1 unspecified atom stereocenters. The number of carbonyl (C=O) groups excluding carboxylic acids is 1. The third-order valence-electron chi connectivity index (χ3n) is 5.22. The number of likely N-dealkylation sites (tertiary alicyclic amines) is 2. The lowest BCUT2D eigenvalue weighted by atomic mass is 9.98. The highest BCUT2D eigenvalue weighted by atomic mass is 16.3. The zero-order valence-electron chi connectivity index (χ0n) is 13.7. The van der Waals surface area contributed by atoms with E-state index in [1.54, 1.807) is 18.4 Å². The van der Waals surface area contributed by atoms with E-state index in [0.717, 1.165) is 31.8 Å². The van der Waals surface area contributed by atoms with Crippen molar-refractivity contribution in [2.75, 3.05) is 26.2 Å². The fraction of sp³-hybridized carbons (Fsp3) is 0.722. The molecule has 4 heteroatoms. The van der Waals surface area contributed by atoms with Gasteiger partial charge in [-0.05, 0) is 56.8 Å². The summed E-state index contributed by atoms with van der Waals surface area (Å²) in [5.41, 5.74) is 0. The van der Waals surface area contributed by atoms with Crippen LogP contribution in [-0.4, -0.2) is 47.9 Å². The van der Waals surface area contributed by atoms with E-state index in [9.17, 15) is 4.79 Å². The highest BCUT2D eigenvalue weighted by molar-refractivity contribution is 5.91. The SMILES string of the molecule is CC1CCN(CC2CCCCCN2C(=O)c2ccco2)CC1. The molecule has 1 aromatic rings. The van der Waals surface area contributed by atoms with Crippen LogP contribution in [0.15, 0.2) is 22.8 Å². The van der Waals surface area contributed by atoms with Gasteiger partial charge in [-0.1, -0.05) is 19.8 Å². The smallest absolute Gasteiger partial charge is 0.289 e. The van der Waals surface area contributed by atoms with Gasteiger partial charge in [-0.25, -0.2) is 0 Å². The zero-order valence-corrected chi connectivity index (χ0v) is 13.7. The Bertz CT molecular complexity index is 463. The van der Waals surface area contributed by atoms with Gasteiger partial charge < -0.3 is 14.2 Å². The van der Waals surface area contributed by atoms with Crippen LogP contribution in [-0.2, 0) is 0 Å². The van der Waals surface area contributed by atoms with Crippen LogP contribution in [0, 0.1) is 5.92 Å². The number of hydrogen-bond donors (Lipinski definition) is 0. The first-order valence-corrected chi connectivity index (χ1v) is 8.81. The normalized spacial score (nSPS) is 25.1. The molecule has 1 atom stereocenters. The van der Waals surface area contributed by atoms with Gasteiger partial charge in [0.15, 0.2) is 5.76 Å². The predicted molar refractivity (Wildman–Crippen MR) is 86.8 cm³/mol. The second-order valence-electron chi connectivity index (χ2n) is 6.96. The third-order valence-corrected chi connectivity index (χ3v) is 5.22. The Kier molecular flexibility index (Phi) is 5.19. The molecule has 1 amide bonds. The van der Waals surface area contributed by atoms with E-state index in [4.69, 9.17) is 4.42 Å². The van der Waals surface area contributed by atoms with E-state index in [1.807, 2.05) is 0 Å². The van der Waals surface area contributed by atoms with Gasteiger partial charge in [0.1, 0.15) is 0 Å². The van der Waals surface area contributed by atoms with Gasteiger partial charge in [0.25, 0.3) is 5.91 Å². The standard InChI is InChI=1S/C18H28N2O2/c1-15-8-11-19(12-9-15)14-16-6-3-2-4-10-20(16)18(21)17-7-5-13-22-17/h5,7,13,15-16H,2-4,6,8-12,14H2,1H3. The van der Waals surface area contributed by atoms with Crippen molar-refractivity contribution in [1.29, 1.82) is 0 Å². The maximum atomic E-state index is 12.7. The van der Waals surface area contributed by atoms with Gasteiger partial charge in [0.05, 0.1) is 6.26 Å². The minimum absolute atomic E-state index is 0.0716. The van der Waals surface area contributed by atoms with E-state index >= 15 is 0 Å². The fourth-order valence-electron chi connectivity index (χ4n) is 3.72. The minimum Gasteiger partial charge on any atom is -0.459 e. The maximum Gasteiger partial charge on any atom is 0.289 e. The van der Waals surface area contributed by atoms with E-state index in [0.29, 0.717) is 11.8 Å². The maximum absolute atomic E-state index is 12.7. The number of rotatable bonds is 3. The lowest BCUT2D eigenvalue weighted by Gasteiger charge is -2.37. The molecule has 0 bridgehead atoms. The van der Waals surface area contributed by atoms with Crippen molar-refractivity contribution >= 4 is 5.91 Å². The van der Waals surface area contributed by atoms with E-state index in [1.165, 1.54) is 38.8 Å². The zero-order chi connectivity index (χ0) is 15.4. The highest BCUT2D eigenvalue weighted by Gasteiger charge is 2.29. The Balaban J connectivity index is 1.66. The second kappa shape index (κ2) is 7.32. The summed E-state index contributed by atoms with van der Waals surface area (Å²) in [5, 5.41) is 0. The molecule has 4 nitrogen and oxygen atoms in total. The van der Waals surface area contributed by atoms with Crippen molar-refractivity contribution in [2.45, 2.75) is 51.5 Å². The Morgan fingerprint density at radius 2 is 2.00 bits per heavy atom. The summed E-state index contributed by atoms with van der Waals surface area (Å²) in [6.45, 7) is 6.60. The first kappa shape index (κ1) is 15.6. The molecule has 122 valence electrons. The summed E-state index contributed by atoms with van der Waals surface area (Å²) in [7, 11) is 0. The summed E-state index contributed by atoms with van der Waals surface area (Å²) >= 11 is 0. The number of carbonyl (C=O) groups is 1. The van der Waals surface area contributed by atoms with Crippen LogP contribution in [0.2, 0.25) is 0 Å². The Morgan fingerprint density at radius 3 is 2.73 bits per heavy atom. The van der Waals surface area contributed by atoms with Crippen molar-refractivity contribution in [2.24, 2.45) is 5.92 Å². The molecule has 1 aromatic heterocycles. The molecule has 2 aliphatic rings.